The Labute approximate surface area is 126 Å². The highest BCUT2D eigenvalue weighted by molar-refractivity contribution is 6.35. The second kappa shape index (κ2) is 6.59. The number of aromatic carboxylic acids is 1. The van der Waals surface area contributed by atoms with Gasteiger partial charge in [-0.25, -0.2) is 4.79 Å². The smallest absolute Gasteiger partial charge is 0.339 e. The summed E-state index contributed by atoms with van der Waals surface area (Å²) in [7, 11) is 0. The topological polar surface area (TPSA) is 62.2 Å². The zero-order valence-electron chi connectivity index (χ0n) is 10.4. The van der Waals surface area contributed by atoms with Crippen molar-refractivity contribution >= 4 is 34.9 Å². The molecular weight excluding hydrogens is 299 g/mol. The molecular formula is C14H12Cl2N2O2. The van der Waals surface area contributed by atoms with Gasteiger partial charge in [0, 0.05) is 29.0 Å². The van der Waals surface area contributed by atoms with Crippen LogP contribution >= 0.6 is 23.2 Å². The Morgan fingerprint density at radius 1 is 1.30 bits per heavy atom. The largest absolute Gasteiger partial charge is 0.478 e. The SMILES string of the molecule is O=C(O)c1cnccc1NCCc1ccc(Cl)cc1Cl. The highest BCUT2D eigenvalue weighted by Crippen LogP contribution is 2.21. The van der Waals surface area contributed by atoms with E-state index in [9.17, 15) is 4.79 Å². The van der Waals surface area contributed by atoms with Gasteiger partial charge in [0.2, 0.25) is 0 Å². The number of hydrogen-bond acceptors (Lipinski definition) is 3. The van der Waals surface area contributed by atoms with E-state index in [1.807, 2.05) is 6.07 Å². The number of pyridine rings is 1. The van der Waals surface area contributed by atoms with Crippen molar-refractivity contribution in [2.24, 2.45) is 0 Å². The van der Waals surface area contributed by atoms with Crippen molar-refractivity contribution in [3.63, 3.8) is 0 Å². The molecule has 0 spiro atoms. The molecule has 0 aliphatic heterocycles. The van der Waals surface area contributed by atoms with Crippen LogP contribution in [0.3, 0.4) is 0 Å². The van der Waals surface area contributed by atoms with Crippen LogP contribution in [0.15, 0.2) is 36.7 Å². The van der Waals surface area contributed by atoms with Crippen molar-refractivity contribution in [1.82, 2.24) is 4.98 Å². The first kappa shape index (κ1) is 14.6. The summed E-state index contributed by atoms with van der Waals surface area (Å²) in [6.07, 6.45) is 3.53. The Morgan fingerprint density at radius 2 is 2.10 bits per heavy atom. The number of aromatic nitrogens is 1. The van der Waals surface area contributed by atoms with Gasteiger partial charge in [-0.3, -0.25) is 4.98 Å². The fourth-order valence-corrected chi connectivity index (χ4v) is 2.28. The average molecular weight is 311 g/mol. The number of hydrogen-bond donors (Lipinski definition) is 2. The van der Waals surface area contributed by atoms with Crippen LogP contribution < -0.4 is 5.32 Å². The highest BCUT2D eigenvalue weighted by Gasteiger charge is 2.09. The maximum absolute atomic E-state index is 11.0. The number of rotatable bonds is 5. The van der Waals surface area contributed by atoms with Crippen LogP contribution in [-0.2, 0) is 6.42 Å². The fourth-order valence-electron chi connectivity index (χ4n) is 1.78. The molecule has 6 heteroatoms. The van der Waals surface area contributed by atoms with Gasteiger partial charge in [-0.05, 0) is 30.2 Å². The summed E-state index contributed by atoms with van der Waals surface area (Å²) in [5.74, 6) is -1.01. The molecule has 0 amide bonds. The molecule has 0 aliphatic carbocycles. The Kier molecular flexibility index (Phi) is 4.82. The zero-order valence-corrected chi connectivity index (χ0v) is 11.9. The summed E-state index contributed by atoms with van der Waals surface area (Å²) in [6, 6.07) is 6.95. The number of carboxylic acids is 1. The monoisotopic (exact) mass is 310 g/mol. The molecule has 4 nitrogen and oxygen atoms in total. The van der Waals surface area contributed by atoms with Crippen LogP contribution in [0.1, 0.15) is 15.9 Å². The minimum Gasteiger partial charge on any atom is -0.478 e. The van der Waals surface area contributed by atoms with Crippen LogP contribution in [0.25, 0.3) is 0 Å². The lowest BCUT2D eigenvalue weighted by molar-refractivity contribution is 0.0697. The van der Waals surface area contributed by atoms with E-state index in [-0.39, 0.29) is 5.56 Å². The number of nitrogens with zero attached hydrogens (tertiary/aromatic N) is 1. The Hall–Kier alpha value is -1.78. The van der Waals surface area contributed by atoms with Crippen molar-refractivity contribution in [1.29, 1.82) is 0 Å². The van der Waals surface area contributed by atoms with Crippen LogP contribution in [0.5, 0.6) is 0 Å². The second-order valence-electron chi connectivity index (χ2n) is 4.14. The third-order valence-corrected chi connectivity index (χ3v) is 3.36. The standard InChI is InChI=1S/C14H12Cl2N2O2/c15-10-2-1-9(12(16)7-10)3-6-18-13-4-5-17-8-11(13)14(19)20/h1-2,4-5,7-8H,3,6H2,(H,17,18)(H,19,20). The van der Waals surface area contributed by atoms with E-state index >= 15 is 0 Å². The summed E-state index contributed by atoms with van der Waals surface area (Å²) < 4.78 is 0. The Balaban J connectivity index is 2.01. The van der Waals surface area contributed by atoms with Crippen LogP contribution in [0.2, 0.25) is 10.0 Å². The number of carbonyl (C=O) groups is 1. The van der Waals surface area contributed by atoms with Crippen LogP contribution in [0, 0.1) is 0 Å². The zero-order chi connectivity index (χ0) is 14.5. The molecule has 0 aliphatic rings. The number of halogens is 2. The molecule has 0 bridgehead atoms. The number of anilines is 1. The predicted molar refractivity (Wildman–Crippen MR) is 79.9 cm³/mol. The van der Waals surface area contributed by atoms with E-state index in [0.29, 0.717) is 28.7 Å². The van der Waals surface area contributed by atoms with Gasteiger partial charge in [0.25, 0.3) is 0 Å². The summed E-state index contributed by atoms with van der Waals surface area (Å²) in [5, 5.41) is 13.3. The number of nitrogens with one attached hydrogen (secondary N) is 1. The quantitative estimate of drug-likeness (QED) is 0.883. The molecule has 1 heterocycles. The molecule has 0 saturated carbocycles. The maximum atomic E-state index is 11.0. The first-order valence-electron chi connectivity index (χ1n) is 5.93. The van der Waals surface area contributed by atoms with E-state index < -0.39 is 5.97 Å². The third-order valence-electron chi connectivity index (χ3n) is 2.78. The molecule has 2 N–H and O–H groups in total. The average Bonchev–Trinajstić information content (AvgIpc) is 2.41. The minimum atomic E-state index is -1.01. The predicted octanol–water partition coefficient (Wildman–Crippen LogP) is 3.74. The van der Waals surface area contributed by atoms with E-state index in [1.54, 1.807) is 24.4 Å². The van der Waals surface area contributed by atoms with Gasteiger partial charge in [-0.2, -0.15) is 0 Å². The van der Waals surface area contributed by atoms with Gasteiger partial charge in [-0.1, -0.05) is 29.3 Å². The highest BCUT2D eigenvalue weighted by atomic mass is 35.5. The van der Waals surface area contributed by atoms with E-state index in [4.69, 9.17) is 28.3 Å². The van der Waals surface area contributed by atoms with E-state index in [0.717, 1.165) is 5.56 Å². The Bertz CT molecular complexity index is 632. The minimum absolute atomic E-state index is 0.148. The van der Waals surface area contributed by atoms with E-state index in [2.05, 4.69) is 10.3 Å². The molecule has 0 radical (unpaired) electrons. The lowest BCUT2D eigenvalue weighted by Gasteiger charge is -2.10. The summed E-state index contributed by atoms with van der Waals surface area (Å²) >= 11 is 11.9. The molecule has 1 aromatic carbocycles. The van der Waals surface area contributed by atoms with Gasteiger partial charge < -0.3 is 10.4 Å². The lowest BCUT2D eigenvalue weighted by Crippen LogP contribution is -2.10. The molecule has 0 unspecified atom stereocenters. The Morgan fingerprint density at radius 3 is 2.80 bits per heavy atom. The molecule has 20 heavy (non-hydrogen) atoms. The van der Waals surface area contributed by atoms with Crippen LogP contribution in [-0.4, -0.2) is 22.6 Å². The first-order chi connectivity index (χ1) is 9.58. The summed E-state index contributed by atoms with van der Waals surface area (Å²) in [5.41, 5.74) is 1.64. The summed E-state index contributed by atoms with van der Waals surface area (Å²) in [4.78, 5) is 14.8. The molecule has 2 aromatic rings. The van der Waals surface area contributed by atoms with Gasteiger partial charge in [0.15, 0.2) is 0 Å². The second-order valence-corrected chi connectivity index (χ2v) is 4.98. The van der Waals surface area contributed by atoms with E-state index in [1.165, 1.54) is 6.20 Å². The molecule has 2 rings (SSSR count). The van der Waals surface area contributed by atoms with Crippen molar-refractivity contribution in [3.05, 3.63) is 57.8 Å². The van der Waals surface area contributed by atoms with Crippen LogP contribution in [0.4, 0.5) is 5.69 Å². The maximum Gasteiger partial charge on any atom is 0.339 e. The number of benzene rings is 1. The molecule has 0 atom stereocenters. The van der Waals surface area contributed by atoms with Gasteiger partial charge in [0.1, 0.15) is 5.56 Å². The first-order valence-corrected chi connectivity index (χ1v) is 6.68. The number of carboxylic acid groups (broad SMARTS) is 1. The molecule has 104 valence electrons. The third kappa shape index (κ3) is 3.62. The molecule has 0 fully saturated rings. The molecule has 1 aromatic heterocycles. The van der Waals surface area contributed by atoms with Gasteiger partial charge in [-0.15, -0.1) is 0 Å². The lowest BCUT2D eigenvalue weighted by atomic mass is 10.1. The van der Waals surface area contributed by atoms with Gasteiger partial charge in [0.05, 0.1) is 5.69 Å². The van der Waals surface area contributed by atoms with Crippen molar-refractivity contribution < 1.29 is 9.90 Å². The van der Waals surface area contributed by atoms with Crippen molar-refractivity contribution in [3.8, 4) is 0 Å². The molecule has 0 saturated heterocycles. The van der Waals surface area contributed by atoms with Crippen molar-refractivity contribution in [2.75, 3.05) is 11.9 Å². The normalized spacial score (nSPS) is 10.3. The van der Waals surface area contributed by atoms with Gasteiger partial charge >= 0.3 is 5.97 Å². The fraction of sp³-hybridized carbons (Fsp3) is 0.143. The van der Waals surface area contributed by atoms with Crippen molar-refractivity contribution in [2.45, 2.75) is 6.42 Å². The summed E-state index contributed by atoms with van der Waals surface area (Å²) in [6.45, 7) is 0.561.